The summed E-state index contributed by atoms with van der Waals surface area (Å²) in [6, 6.07) is 15.2. The van der Waals surface area contributed by atoms with Crippen molar-refractivity contribution in [1.29, 1.82) is 0 Å². The van der Waals surface area contributed by atoms with E-state index in [1.807, 2.05) is 41.2 Å². The van der Waals surface area contributed by atoms with Crippen LogP contribution in [0.1, 0.15) is 21.5 Å². The van der Waals surface area contributed by atoms with Gasteiger partial charge in [-0.25, -0.2) is 0 Å². The van der Waals surface area contributed by atoms with Crippen LogP contribution in [0.5, 0.6) is 5.75 Å². The second-order valence-corrected chi connectivity index (χ2v) is 6.36. The number of rotatable bonds is 6. The molecule has 0 atom stereocenters. The molecule has 25 heavy (non-hydrogen) atoms. The highest BCUT2D eigenvalue weighted by molar-refractivity contribution is 9.10. The Kier molecular flexibility index (Phi) is 5.50. The topological polar surface area (TPSA) is 56.1 Å². The lowest BCUT2D eigenvalue weighted by molar-refractivity contribution is 0.0950. The molecule has 0 saturated carbocycles. The van der Waals surface area contributed by atoms with Crippen molar-refractivity contribution in [3.05, 3.63) is 82.1 Å². The van der Waals surface area contributed by atoms with Crippen LogP contribution in [0.15, 0.2) is 65.4 Å². The molecule has 1 amide bonds. The summed E-state index contributed by atoms with van der Waals surface area (Å²) >= 11 is 3.40. The zero-order valence-corrected chi connectivity index (χ0v) is 15.4. The molecule has 128 valence electrons. The first-order valence-electron chi connectivity index (χ1n) is 7.83. The third kappa shape index (κ3) is 4.28. The average Bonchev–Trinajstić information content (AvgIpc) is 3.13. The average molecular weight is 400 g/mol. The summed E-state index contributed by atoms with van der Waals surface area (Å²) in [4.78, 5) is 12.4. The van der Waals surface area contributed by atoms with E-state index in [9.17, 15) is 4.79 Å². The number of nitrogens with one attached hydrogen (secondary N) is 1. The third-order valence-corrected chi connectivity index (χ3v) is 4.48. The van der Waals surface area contributed by atoms with E-state index in [1.165, 1.54) is 0 Å². The van der Waals surface area contributed by atoms with Gasteiger partial charge in [0.25, 0.3) is 5.91 Å². The molecular weight excluding hydrogens is 382 g/mol. The molecule has 3 rings (SSSR count). The zero-order valence-electron chi connectivity index (χ0n) is 13.8. The minimum absolute atomic E-state index is 0.128. The Bertz CT molecular complexity index is 863. The summed E-state index contributed by atoms with van der Waals surface area (Å²) in [5.74, 6) is 0.568. The summed E-state index contributed by atoms with van der Waals surface area (Å²) in [7, 11) is 1.59. The maximum absolute atomic E-state index is 12.4. The summed E-state index contributed by atoms with van der Waals surface area (Å²) in [6.07, 6.45) is 3.68. The number of amides is 1. The second-order valence-electron chi connectivity index (χ2n) is 5.50. The van der Waals surface area contributed by atoms with E-state index < -0.39 is 0 Å². The first-order chi connectivity index (χ1) is 12.2. The Morgan fingerprint density at radius 2 is 2.00 bits per heavy atom. The Morgan fingerprint density at radius 1 is 1.20 bits per heavy atom. The molecule has 0 bridgehead atoms. The van der Waals surface area contributed by atoms with Crippen molar-refractivity contribution in [2.24, 2.45) is 0 Å². The largest absolute Gasteiger partial charge is 0.496 e. The normalized spacial score (nSPS) is 10.5. The molecule has 1 N–H and O–H groups in total. The molecule has 1 heterocycles. The standard InChI is InChI=1S/C19H18BrN3O2/c1-25-18-8-7-14(11-17(18)20)19(24)21-12-15-5-2-3-6-16(15)13-23-10-4-9-22-23/h2-11H,12-13H2,1H3,(H,21,24). The van der Waals surface area contributed by atoms with Gasteiger partial charge in [0.2, 0.25) is 0 Å². The van der Waals surface area contributed by atoms with Crippen molar-refractivity contribution in [2.45, 2.75) is 13.1 Å². The van der Waals surface area contributed by atoms with Crippen LogP contribution in [-0.2, 0) is 13.1 Å². The molecule has 6 heteroatoms. The number of hydrogen-bond acceptors (Lipinski definition) is 3. The van der Waals surface area contributed by atoms with Crippen LogP contribution in [0, 0.1) is 0 Å². The first-order valence-corrected chi connectivity index (χ1v) is 8.62. The van der Waals surface area contributed by atoms with Crippen LogP contribution < -0.4 is 10.1 Å². The van der Waals surface area contributed by atoms with Crippen molar-refractivity contribution in [1.82, 2.24) is 15.1 Å². The molecule has 5 nitrogen and oxygen atoms in total. The number of ether oxygens (including phenoxy) is 1. The number of hydrogen-bond donors (Lipinski definition) is 1. The Morgan fingerprint density at radius 3 is 2.68 bits per heavy atom. The molecule has 1 aromatic heterocycles. The predicted molar refractivity (Wildman–Crippen MR) is 99.6 cm³/mol. The van der Waals surface area contributed by atoms with Crippen LogP contribution in [0.4, 0.5) is 0 Å². The van der Waals surface area contributed by atoms with E-state index in [2.05, 4.69) is 26.3 Å². The van der Waals surface area contributed by atoms with E-state index in [0.717, 1.165) is 15.6 Å². The van der Waals surface area contributed by atoms with Gasteiger partial charge in [-0.3, -0.25) is 9.48 Å². The highest BCUT2D eigenvalue weighted by Crippen LogP contribution is 2.25. The monoisotopic (exact) mass is 399 g/mol. The Balaban J connectivity index is 1.69. The van der Waals surface area contributed by atoms with Crippen molar-refractivity contribution in [2.75, 3.05) is 7.11 Å². The van der Waals surface area contributed by atoms with Gasteiger partial charge in [-0.05, 0) is 51.3 Å². The maximum Gasteiger partial charge on any atom is 0.251 e. The number of nitrogens with zero attached hydrogens (tertiary/aromatic N) is 2. The lowest BCUT2D eigenvalue weighted by Crippen LogP contribution is -2.23. The summed E-state index contributed by atoms with van der Waals surface area (Å²) in [5.41, 5.74) is 2.78. The van der Waals surface area contributed by atoms with E-state index in [0.29, 0.717) is 24.4 Å². The molecule has 0 fully saturated rings. The summed E-state index contributed by atoms with van der Waals surface area (Å²) in [6.45, 7) is 1.13. The second kappa shape index (κ2) is 7.98. The number of aromatic nitrogens is 2. The number of carbonyl (C=O) groups excluding carboxylic acids is 1. The van der Waals surface area contributed by atoms with Gasteiger partial charge in [0, 0.05) is 24.5 Å². The minimum atomic E-state index is -0.128. The van der Waals surface area contributed by atoms with E-state index in [4.69, 9.17) is 4.74 Å². The lowest BCUT2D eigenvalue weighted by Gasteiger charge is -2.11. The zero-order chi connectivity index (χ0) is 17.6. The summed E-state index contributed by atoms with van der Waals surface area (Å²) < 4.78 is 7.80. The highest BCUT2D eigenvalue weighted by atomic mass is 79.9. The minimum Gasteiger partial charge on any atom is -0.496 e. The van der Waals surface area contributed by atoms with Gasteiger partial charge < -0.3 is 10.1 Å². The van der Waals surface area contributed by atoms with Gasteiger partial charge in [0.1, 0.15) is 5.75 Å². The highest BCUT2D eigenvalue weighted by Gasteiger charge is 2.10. The lowest BCUT2D eigenvalue weighted by atomic mass is 10.1. The van der Waals surface area contributed by atoms with Crippen LogP contribution >= 0.6 is 15.9 Å². The molecule has 0 aliphatic rings. The molecule has 0 spiro atoms. The van der Waals surface area contributed by atoms with Crippen molar-refractivity contribution < 1.29 is 9.53 Å². The van der Waals surface area contributed by atoms with Crippen molar-refractivity contribution in [3.63, 3.8) is 0 Å². The van der Waals surface area contributed by atoms with Crippen LogP contribution in [0.2, 0.25) is 0 Å². The van der Waals surface area contributed by atoms with Gasteiger partial charge in [0.05, 0.1) is 18.1 Å². The van der Waals surface area contributed by atoms with Gasteiger partial charge in [-0.15, -0.1) is 0 Å². The Hall–Kier alpha value is -2.60. The van der Waals surface area contributed by atoms with Crippen LogP contribution in [-0.4, -0.2) is 22.8 Å². The maximum atomic E-state index is 12.4. The van der Waals surface area contributed by atoms with Crippen molar-refractivity contribution in [3.8, 4) is 5.75 Å². The number of carbonyl (C=O) groups is 1. The molecule has 0 unspecified atom stereocenters. The molecular formula is C19H18BrN3O2. The molecule has 2 aromatic carbocycles. The van der Waals surface area contributed by atoms with Crippen molar-refractivity contribution >= 4 is 21.8 Å². The fraction of sp³-hybridized carbons (Fsp3) is 0.158. The fourth-order valence-electron chi connectivity index (χ4n) is 2.54. The number of methoxy groups -OCH3 is 1. The summed E-state index contributed by atoms with van der Waals surface area (Å²) in [5, 5.41) is 7.20. The predicted octanol–water partition coefficient (Wildman–Crippen LogP) is 3.63. The van der Waals surface area contributed by atoms with Crippen LogP contribution in [0.3, 0.4) is 0 Å². The van der Waals surface area contributed by atoms with E-state index in [-0.39, 0.29) is 5.91 Å². The van der Waals surface area contributed by atoms with E-state index >= 15 is 0 Å². The molecule has 0 saturated heterocycles. The quantitative estimate of drug-likeness (QED) is 0.688. The van der Waals surface area contributed by atoms with Gasteiger partial charge >= 0.3 is 0 Å². The number of benzene rings is 2. The molecule has 0 aliphatic heterocycles. The van der Waals surface area contributed by atoms with Gasteiger partial charge in [-0.1, -0.05) is 24.3 Å². The SMILES string of the molecule is COc1ccc(C(=O)NCc2ccccc2Cn2cccn2)cc1Br. The molecule has 0 radical (unpaired) electrons. The molecule has 0 aliphatic carbocycles. The van der Waals surface area contributed by atoms with E-state index in [1.54, 1.807) is 31.5 Å². The first kappa shape index (κ1) is 17.2. The van der Waals surface area contributed by atoms with Gasteiger partial charge in [0.15, 0.2) is 0 Å². The smallest absolute Gasteiger partial charge is 0.251 e. The third-order valence-electron chi connectivity index (χ3n) is 3.86. The number of halogens is 1. The van der Waals surface area contributed by atoms with Gasteiger partial charge in [-0.2, -0.15) is 5.10 Å². The fourth-order valence-corrected chi connectivity index (χ4v) is 3.08. The molecule has 3 aromatic rings. The van der Waals surface area contributed by atoms with Crippen LogP contribution in [0.25, 0.3) is 0 Å². The Labute approximate surface area is 154 Å².